The van der Waals surface area contributed by atoms with E-state index in [4.69, 9.17) is 19.1 Å². The number of pyridine rings is 1. The van der Waals surface area contributed by atoms with Crippen LogP contribution in [0.2, 0.25) is 0 Å². The van der Waals surface area contributed by atoms with Crippen molar-refractivity contribution in [3.63, 3.8) is 0 Å². The molecule has 9 heteroatoms. The molecule has 190 valence electrons. The lowest BCUT2D eigenvalue weighted by Crippen LogP contribution is -2.38. The minimum Gasteiger partial charge on any atom is -0.492 e. The number of ether oxygens (including phenoxy) is 1. The first-order chi connectivity index (χ1) is 17.8. The number of hydrogen-bond donors (Lipinski definition) is 1. The van der Waals surface area contributed by atoms with Crippen LogP contribution in [-0.2, 0) is 0 Å². The average molecular weight is 498 g/mol. The molecule has 0 radical (unpaired) electrons. The Hall–Kier alpha value is -4.19. The summed E-state index contributed by atoms with van der Waals surface area (Å²) in [5.74, 6) is 3.36. The number of aromatic nitrogens is 4. The Labute approximate surface area is 216 Å². The van der Waals surface area contributed by atoms with Crippen LogP contribution in [0.3, 0.4) is 0 Å². The van der Waals surface area contributed by atoms with Crippen molar-refractivity contribution in [1.82, 2.24) is 19.9 Å². The molecule has 3 aromatic heterocycles. The number of fused-ring (bicyclic) bond motifs is 1. The first-order valence-electron chi connectivity index (χ1n) is 12.6. The van der Waals surface area contributed by atoms with Crippen molar-refractivity contribution in [3.8, 4) is 23.1 Å². The normalized spacial score (nSPS) is 15.0. The van der Waals surface area contributed by atoms with Gasteiger partial charge in [-0.25, -0.2) is 19.9 Å². The fourth-order valence-corrected chi connectivity index (χ4v) is 4.72. The molecular weight excluding hydrogens is 466 g/mol. The largest absolute Gasteiger partial charge is 0.492 e. The van der Waals surface area contributed by atoms with E-state index in [0.29, 0.717) is 24.2 Å². The molecule has 1 N–H and O–H groups in total. The summed E-state index contributed by atoms with van der Waals surface area (Å²) in [5, 5.41) is 13.8. The molecule has 1 aliphatic heterocycles. The molecule has 1 aliphatic rings. The monoisotopic (exact) mass is 497 g/mol. The summed E-state index contributed by atoms with van der Waals surface area (Å²) in [6.07, 6.45) is 3.42. The predicted molar refractivity (Wildman–Crippen MR) is 143 cm³/mol. The average Bonchev–Trinajstić information content (AvgIpc) is 3.23. The zero-order chi connectivity index (χ0) is 26.2. The molecule has 5 rings (SSSR count). The summed E-state index contributed by atoms with van der Waals surface area (Å²) in [4.78, 5) is 21.0. The minimum atomic E-state index is -0.289. The summed E-state index contributed by atoms with van der Waals surface area (Å²) >= 11 is 0. The third kappa shape index (κ3) is 4.92. The molecule has 37 heavy (non-hydrogen) atoms. The maximum atomic E-state index is 9.53. The molecule has 0 amide bonds. The van der Waals surface area contributed by atoms with Gasteiger partial charge in [0.25, 0.3) is 0 Å². The van der Waals surface area contributed by atoms with E-state index >= 15 is 0 Å². The Morgan fingerprint density at radius 3 is 2.59 bits per heavy atom. The van der Waals surface area contributed by atoms with Crippen molar-refractivity contribution in [1.29, 1.82) is 5.26 Å². The fourth-order valence-electron chi connectivity index (χ4n) is 4.72. The van der Waals surface area contributed by atoms with Crippen LogP contribution in [0.5, 0.6) is 5.75 Å². The number of nitrogens with zero attached hydrogens (tertiary/aromatic N) is 6. The van der Waals surface area contributed by atoms with Crippen LogP contribution in [0.25, 0.3) is 22.2 Å². The van der Waals surface area contributed by atoms with E-state index in [9.17, 15) is 5.26 Å². The van der Waals surface area contributed by atoms with E-state index in [0.717, 1.165) is 71.1 Å². The van der Waals surface area contributed by atoms with Crippen LogP contribution in [0.15, 0.2) is 34.9 Å². The van der Waals surface area contributed by atoms with Gasteiger partial charge in [-0.3, -0.25) is 0 Å². The van der Waals surface area contributed by atoms with Crippen molar-refractivity contribution in [2.45, 2.75) is 47.5 Å². The summed E-state index contributed by atoms with van der Waals surface area (Å²) in [5.41, 5.74) is 3.88. The fraction of sp³-hybridized carbons (Fsp3) is 0.393. The standard InChI is InChI=1S/C28H31N7O2/c1-6-36-23-14-20(24-18(3)37-19(4)32-24)7-8-22(23)33-27-30-15-21-13-17(2)31-26(25(21)34-27)35-11-9-28(5,16-29)10-12-35/h7-8,13-15H,6,9-12H2,1-5H3,(H,30,33,34). The highest BCUT2D eigenvalue weighted by Crippen LogP contribution is 2.36. The molecule has 4 heterocycles. The first kappa shape index (κ1) is 24.5. The van der Waals surface area contributed by atoms with E-state index in [2.05, 4.69) is 26.3 Å². The van der Waals surface area contributed by atoms with Crippen LogP contribution in [0.1, 0.15) is 44.0 Å². The Morgan fingerprint density at radius 1 is 1.14 bits per heavy atom. The van der Waals surface area contributed by atoms with E-state index in [1.807, 2.05) is 65.1 Å². The lowest BCUT2D eigenvalue weighted by molar-refractivity contribution is 0.336. The molecule has 0 spiro atoms. The molecule has 0 atom stereocenters. The van der Waals surface area contributed by atoms with Crippen molar-refractivity contribution in [2.24, 2.45) is 5.41 Å². The van der Waals surface area contributed by atoms with Crippen LogP contribution in [-0.4, -0.2) is 39.6 Å². The summed E-state index contributed by atoms with van der Waals surface area (Å²) in [6.45, 7) is 11.7. The number of nitrogens with one attached hydrogen (secondary N) is 1. The van der Waals surface area contributed by atoms with Gasteiger partial charge in [-0.15, -0.1) is 0 Å². The second-order valence-electron chi connectivity index (χ2n) is 9.78. The van der Waals surface area contributed by atoms with E-state index in [1.165, 1.54) is 0 Å². The van der Waals surface area contributed by atoms with Gasteiger partial charge in [0.05, 0.1) is 23.8 Å². The number of aryl methyl sites for hydroxylation is 3. The molecule has 1 aromatic carbocycles. The summed E-state index contributed by atoms with van der Waals surface area (Å²) in [6, 6.07) is 10.3. The highest BCUT2D eigenvalue weighted by Gasteiger charge is 2.31. The Morgan fingerprint density at radius 2 is 1.92 bits per heavy atom. The number of rotatable bonds is 6. The van der Waals surface area contributed by atoms with E-state index in [-0.39, 0.29) is 5.41 Å². The molecular formula is C28H31N7O2. The van der Waals surface area contributed by atoms with Crippen LogP contribution in [0.4, 0.5) is 17.5 Å². The lowest BCUT2D eigenvalue weighted by Gasteiger charge is -2.36. The van der Waals surface area contributed by atoms with Crippen molar-refractivity contribution >= 4 is 28.4 Å². The van der Waals surface area contributed by atoms with Crippen molar-refractivity contribution in [2.75, 3.05) is 29.9 Å². The third-order valence-corrected chi connectivity index (χ3v) is 6.82. The van der Waals surface area contributed by atoms with Gasteiger partial charge in [-0.05, 0) is 58.7 Å². The Kier molecular flexibility index (Phi) is 6.42. The summed E-state index contributed by atoms with van der Waals surface area (Å²) in [7, 11) is 0. The van der Waals surface area contributed by atoms with Crippen molar-refractivity contribution in [3.05, 3.63) is 47.8 Å². The molecule has 0 bridgehead atoms. The van der Waals surface area contributed by atoms with Crippen LogP contribution in [0, 0.1) is 37.5 Å². The molecule has 4 aromatic rings. The van der Waals surface area contributed by atoms with Gasteiger partial charge in [0, 0.05) is 42.9 Å². The third-order valence-electron chi connectivity index (χ3n) is 6.82. The van der Waals surface area contributed by atoms with Gasteiger partial charge < -0.3 is 19.4 Å². The van der Waals surface area contributed by atoms with Gasteiger partial charge in [0.2, 0.25) is 5.95 Å². The zero-order valence-corrected chi connectivity index (χ0v) is 21.9. The SMILES string of the molecule is CCOc1cc(-c2nc(C)oc2C)ccc1Nc1ncc2cc(C)nc(N3CCC(C)(C#N)CC3)c2n1. The van der Waals surface area contributed by atoms with Crippen LogP contribution >= 0.6 is 0 Å². The number of piperidine rings is 1. The number of oxazole rings is 1. The quantitative estimate of drug-likeness (QED) is 0.349. The van der Waals surface area contributed by atoms with E-state index < -0.39 is 0 Å². The Balaban J connectivity index is 1.48. The number of benzene rings is 1. The number of anilines is 3. The molecule has 1 saturated heterocycles. The van der Waals surface area contributed by atoms with Gasteiger partial charge in [-0.1, -0.05) is 6.07 Å². The maximum absolute atomic E-state index is 9.53. The molecule has 0 aliphatic carbocycles. The molecule has 1 fully saturated rings. The minimum absolute atomic E-state index is 0.289. The molecule has 0 unspecified atom stereocenters. The number of hydrogen-bond acceptors (Lipinski definition) is 9. The first-order valence-corrected chi connectivity index (χ1v) is 12.6. The lowest BCUT2D eigenvalue weighted by atomic mass is 9.82. The van der Waals surface area contributed by atoms with Gasteiger partial charge in [-0.2, -0.15) is 5.26 Å². The highest BCUT2D eigenvalue weighted by molar-refractivity contribution is 5.89. The van der Waals surface area contributed by atoms with Crippen LogP contribution < -0.4 is 15.0 Å². The maximum Gasteiger partial charge on any atom is 0.227 e. The Bertz CT molecular complexity index is 1500. The van der Waals surface area contributed by atoms with Gasteiger partial charge >= 0.3 is 0 Å². The smallest absolute Gasteiger partial charge is 0.227 e. The predicted octanol–water partition coefficient (Wildman–Crippen LogP) is 5.88. The molecule has 9 nitrogen and oxygen atoms in total. The number of nitriles is 1. The second kappa shape index (κ2) is 9.69. The summed E-state index contributed by atoms with van der Waals surface area (Å²) < 4.78 is 11.6. The van der Waals surface area contributed by atoms with Crippen molar-refractivity contribution < 1.29 is 9.15 Å². The molecule has 0 saturated carbocycles. The van der Waals surface area contributed by atoms with Gasteiger partial charge in [0.1, 0.15) is 22.7 Å². The van der Waals surface area contributed by atoms with E-state index in [1.54, 1.807) is 0 Å². The van der Waals surface area contributed by atoms with Gasteiger partial charge in [0.15, 0.2) is 11.7 Å². The topological polar surface area (TPSA) is 113 Å². The zero-order valence-electron chi connectivity index (χ0n) is 21.9. The highest BCUT2D eigenvalue weighted by atomic mass is 16.5. The second-order valence-corrected chi connectivity index (χ2v) is 9.78.